The van der Waals surface area contributed by atoms with Crippen LogP contribution in [0.25, 0.3) is 0 Å². The van der Waals surface area contributed by atoms with Gasteiger partial charge in [-0.15, -0.1) is 0 Å². The van der Waals surface area contributed by atoms with Crippen LogP contribution in [0.15, 0.2) is 71.8 Å². The van der Waals surface area contributed by atoms with Crippen molar-refractivity contribution in [2.45, 2.75) is 6.17 Å². The first kappa shape index (κ1) is 19.9. The number of benzene rings is 3. The Morgan fingerprint density at radius 1 is 1.00 bits per heavy atom. The van der Waals surface area contributed by atoms with Crippen LogP contribution in [0, 0.1) is 10.1 Å². The van der Waals surface area contributed by atoms with E-state index in [0.29, 0.717) is 21.3 Å². The second-order valence-corrected chi connectivity index (χ2v) is 7.40. The van der Waals surface area contributed by atoms with Crippen molar-refractivity contribution >= 4 is 46.7 Å². The smallest absolute Gasteiger partial charge is 0.278 e. The maximum atomic E-state index is 13.2. The van der Waals surface area contributed by atoms with Crippen LogP contribution in [0.2, 0.25) is 10.0 Å². The van der Waals surface area contributed by atoms with Crippen molar-refractivity contribution in [2.75, 3.05) is 5.32 Å². The largest absolute Gasteiger partial charge is 0.359 e. The minimum absolute atomic E-state index is 0.109. The molecule has 0 spiro atoms. The Hall–Kier alpha value is -3.42. The van der Waals surface area contributed by atoms with Gasteiger partial charge in [0.2, 0.25) is 0 Å². The van der Waals surface area contributed by atoms with Crippen LogP contribution in [-0.4, -0.2) is 22.1 Å². The van der Waals surface area contributed by atoms with Crippen LogP contribution in [0.1, 0.15) is 27.7 Å². The number of nitrogens with zero attached hydrogens (tertiary/aromatic N) is 3. The van der Waals surface area contributed by atoms with Gasteiger partial charge in [-0.25, -0.2) is 5.01 Å². The average Bonchev–Trinajstić information content (AvgIpc) is 2.74. The van der Waals surface area contributed by atoms with Crippen LogP contribution in [0.4, 0.5) is 11.4 Å². The number of halogens is 2. The number of rotatable bonds is 4. The second kappa shape index (κ2) is 8.14. The normalized spacial score (nSPS) is 15.7. The van der Waals surface area contributed by atoms with Gasteiger partial charge >= 0.3 is 0 Å². The summed E-state index contributed by atoms with van der Waals surface area (Å²) in [6, 6.07) is 18.0. The van der Waals surface area contributed by atoms with Crippen molar-refractivity contribution < 1.29 is 9.72 Å². The summed E-state index contributed by atoms with van der Waals surface area (Å²) >= 11 is 11.9. The predicted molar refractivity (Wildman–Crippen MR) is 116 cm³/mol. The number of hydrazone groups is 1. The third-order valence-electron chi connectivity index (χ3n) is 4.58. The van der Waals surface area contributed by atoms with Gasteiger partial charge in [-0.2, -0.15) is 5.10 Å². The number of non-ortho nitro benzene ring substituents is 1. The van der Waals surface area contributed by atoms with Crippen LogP contribution in [-0.2, 0) is 0 Å². The summed E-state index contributed by atoms with van der Waals surface area (Å²) in [5.41, 5.74) is 2.03. The Labute approximate surface area is 181 Å². The van der Waals surface area contributed by atoms with Crippen LogP contribution < -0.4 is 5.32 Å². The Morgan fingerprint density at radius 2 is 1.63 bits per heavy atom. The lowest BCUT2D eigenvalue weighted by Crippen LogP contribution is -2.39. The first-order valence-electron chi connectivity index (χ1n) is 8.86. The molecule has 0 unspecified atom stereocenters. The molecule has 0 fully saturated rings. The van der Waals surface area contributed by atoms with Gasteiger partial charge < -0.3 is 5.32 Å². The number of nitro groups is 1. The van der Waals surface area contributed by atoms with Gasteiger partial charge in [0.05, 0.1) is 22.4 Å². The van der Waals surface area contributed by atoms with Crippen molar-refractivity contribution in [3.8, 4) is 0 Å². The maximum absolute atomic E-state index is 13.2. The molecule has 3 aromatic rings. The number of nitrogens with one attached hydrogen (secondary N) is 1. The molecule has 1 aliphatic heterocycles. The van der Waals surface area contributed by atoms with Gasteiger partial charge in [0, 0.05) is 22.2 Å². The fourth-order valence-electron chi connectivity index (χ4n) is 3.07. The number of hydrogen-bond donors (Lipinski definition) is 1. The number of carbonyl (C=O) groups is 1. The number of nitro benzene ring substituents is 1. The molecule has 1 aliphatic rings. The van der Waals surface area contributed by atoms with Crippen molar-refractivity contribution in [3.63, 3.8) is 0 Å². The number of fused-ring (bicyclic) bond motifs is 1. The molecule has 4 rings (SSSR count). The summed E-state index contributed by atoms with van der Waals surface area (Å²) in [4.78, 5) is 23.8. The molecule has 7 nitrogen and oxygen atoms in total. The van der Waals surface area contributed by atoms with E-state index in [-0.39, 0.29) is 11.6 Å². The molecule has 1 atom stereocenters. The zero-order chi connectivity index (χ0) is 21.3. The van der Waals surface area contributed by atoms with Crippen molar-refractivity contribution in [1.29, 1.82) is 0 Å². The van der Waals surface area contributed by atoms with Gasteiger partial charge in [-0.3, -0.25) is 14.9 Å². The molecule has 30 heavy (non-hydrogen) atoms. The molecule has 1 heterocycles. The molecule has 150 valence electrons. The third kappa shape index (κ3) is 3.98. The van der Waals surface area contributed by atoms with Crippen molar-refractivity contribution in [3.05, 3.63) is 104 Å². The molecule has 1 N–H and O–H groups in total. The van der Waals surface area contributed by atoms with E-state index in [1.54, 1.807) is 54.7 Å². The first-order chi connectivity index (χ1) is 14.4. The lowest BCUT2D eigenvalue weighted by Gasteiger charge is -2.34. The summed E-state index contributed by atoms with van der Waals surface area (Å²) < 4.78 is 0. The Balaban J connectivity index is 1.76. The fraction of sp³-hybridized carbons (Fsp3) is 0.0476. The molecule has 0 saturated carbocycles. The lowest BCUT2D eigenvalue weighted by atomic mass is 10.0. The Kier molecular flexibility index (Phi) is 5.39. The standard InChI is InChI=1S/C21H14Cl2N4O3/c22-15-5-1-13(2-6-15)12-24-26-20(14-3-7-16(23)8-4-14)25-19-11-17(27(29)30)9-10-18(19)21(26)28/h1-12,20,25H/b24-12-/t20-/m0/s1. The zero-order valence-electron chi connectivity index (χ0n) is 15.3. The molecule has 9 heteroatoms. The van der Waals surface area contributed by atoms with Gasteiger partial charge in [0.15, 0.2) is 6.17 Å². The van der Waals surface area contributed by atoms with E-state index in [9.17, 15) is 14.9 Å². The number of amides is 1. The number of carbonyl (C=O) groups excluding carboxylic acids is 1. The van der Waals surface area contributed by atoms with Gasteiger partial charge in [-0.1, -0.05) is 47.5 Å². The van der Waals surface area contributed by atoms with Gasteiger partial charge in [0.25, 0.3) is 11.6 Å². The molecule has 1 amide bonds. The van der Waals surface area contributed by atoms with Crippen LogP contribution in [0.5, 0.6) is 0 Å². The number of hydrogen-bond acceptors (Lipinski definition) is 5. The van der Waals surface area contributed by atoms with E-state index in [1.165, 1.54) is 23.2 Å². The molecule has 0 saturated heterocycles. The molecule has 0 radical (unpaired) electrons. The summed E-state index contributed by atoms with van der Waals surface area (Å²) in [7, 11) is 0. The molecule has 0 aliphatic carbocycles. The van der Waals surface area contributed by atoms with E-state index in [1.807, 2.05) is 0 Å². The Bertz CT molecular complexity index is 1150. The van der Waals surface area contributed by atoms with Crippen molar-refractivity contribution in [1.82, 2.24) is 5.01 Å². The minimum Gasteiger partial charge on any atom is -0.359 e. The highest BCUT2D eigenvalue weighted by Crippen LogP contribution is 2.35. The summed E-state index contributed by atoms with van der Waals surface area (Å²) in [6.45, 7) is 0. The third-order valence-corrected chi connectivity index (χ3v) is 5.08. The second-order valence-electron chi connectivity index (χ2n) is 6.53. The predicted octanol–water partition coefficient (Wildman–Crippen LogP) is 5.50. The first-order valence-corrected chi connectivity index (χ1v) is 9.61. The van der Waals surface area contributed by atoms with E-state index >= 15 is 0 Å². The zero-order valence-corrected chi connectivity index (χ0v) is 16.8. The van der Waals surface area contributed by atoms with Gasteiger partial charge in [-0.05, 0) is 41.5 Å². The molecular weight excluding hydrogens is 427 g/mol. The molecule has 0 aromatic heterocycles. The van der Waals surface area contributed by atoms with E-state index in [4.69, 9.17) is 23.2 Å². The molecular formula is C21H14Cl2N4O3. The summed E-state index contributed by atoms with van der Waals surface area (Å²) in [5, 5.41) is 21.1. The highest BCUT2D eigenvalue weighted by molar-refractivity contribution is 6.30. The topological polar surface area (TPSA) is 87.8 Å². The summed E-state index contributed by atoms with van der Waals surface area (Å²) in [5.74, 6) is -0.385. The molecule has 3 aromatic carbocycles. The molecule has 0 bridgehead atoms. The SMILES string of the molecule is O=C1c2ccc([N+](=O)[O-])cc2N[C@H](c2ccc(Cl)cc2)N1/N=C\c1ccc(Cl)cc1. The van der Waals surface area contributed by atoms with Crippen molar-refractivity contribution in [2.24, 2.45) is 5.10 Å². The fourth-order valence-corrected chi connectivity index (χ4v) is 3.32. The maximum Gasteiger partial charge on any atom is 0.278 e. The number of anilines is 1. The summed E-state index contributed by atoms with van der Waals surface area (Å²) in [6.07, 6.45) is 0.877. The average molecular weight is 441 g/mol. The van der Waals surface area contributed by atoms with E-state index in [2.05, 4.69) is 10.4 Å². The van der Waals surface area contributed by atoms with Gasteiger partial charge in [0.1, 0.15) is 0 Å². The minimum atomic E-state index is -0.673. The lowest BCUT2D eigenvalue weighted by molar-refractivity contribution is -0.384. The van der Waals surface area contributed by atoms with Crippen LogP contribution in [0.3, 0.4) is 0 Å². The monoisotopic (exact) mass is 440 g/mol. The van der Waals surface area contributed by atoms with Crippen LogP contribution >= 0.6 is 23.2 Å². The Morgan fingerprint density at radius 3 is 2.27 bits per heavy atom. The highest BCUT2D eigenvalue weighted by Gasteiger charge is 2.34. The van der Waals surface area contributed by atoms with E-state index in [0.717, 1.165) is 11.1 Å². The van der Waals surface area contributed by atoms with E-state index < -0.39 is 11.1 Å². The quantitative estimate of drug-likeness (QED) is 0.329. The highest BCUT2D eigenvalue weighted by atomic mass is 35.5.